The van der Waals surface area contributed by atoms with Crippen molar-refractivity contribution in [1.82, 2.24) is 14.5 Å². The van der Waals surface area contributed by atoms with Gasteiger partial charge in [-0.3, -0.25) is 4.57 Å². The van der Waals surface area contributed by atoms with Crippen molar-refractivity contribution >= 4 is 23.4 Å². The summed E-state index contributed by atoms with van der Waals surface area (Å²) in [6.45, 7) is 2.05. The molecular formula is C15H17N3S. The predicted molar refractivity (Wildman–Crippen MR) is 76.5 cm³/mol. The van der Waals surface area contributed by atoms with E-state index >= 15 is 0 Å². The molecule has 1 N–H and O–H groups in total. The molecule has 19 heavy (non-hydrogen) atoms. The van der Waals surface area contributed by atoms with Crippen LogP contribution in [0.4, 0.5) is 0 Å². The van der Waals surface area contributed by atoms with Crippen molar-refractivity contribution in [1.29, 1.82) is 0 Å². The molecule has 0 radical (unpaired) electrons. The second-order valence-corrected chi connectivity index (χ2v) is 6.99. The van der Waals surface area contributed by atoms with Crippen LogP contribution >= 0.6 is 12.2 Å². The quantitative estimate of drug-likeness (QED) is 0.804. The van der Waals surface area contributed by atoms with Gasteiger partial charge in [0.1, 0.15) is 0 Å². The lowest BCUT2D eigenvalue weighted by molar-refractivity contribution is 0.456. The fourth-order valence-electron chi connectivity index (χ4n) is 5.00. The first-order chi connectivity index (χ1) is 9.24. The van der Waals surface area contributed by atoms with Gasteiger partial charge in [-0.05, 0) is 74.2 Å². The number of aromatic nitrogens is 3. The van der Waals surface area contributed by atoms with Crippen LogP contribution < -0.4 is 0 Å². The summed E-state index contributed by atoms with van der Waals surface area (Å²) in [6.07, 6.45) is 4.38. The Hall–Kier alpha value is -1.16. The first-order valence-corrected chi connectivity index (χ1v) is 7.73. The van der Waals surface area contributed by atoms with Gasteiger partial charge in [0, 0.05) is 11.7 Å². The number of aryl methyl sites for hydroxylation is 1. The second-order valence-electron chi connectivity index (χ2n) is 6.60. The number of fused-ring (bicyclic) bond motifs is 6. The van der Waals surface area contributed by atoms with Gasteiger partial charge in [-0.25, -0.2) is 4.98 Å². The Labute approximate surface area is 117 Å². The van der Waals surface area contributed by atoms with Gasteiger partial charge >= 0.3 is 0 Å². The third-order valence-electron chi connectivity index (χ3n) is 5.70. The molecule has 0 amide bonds. The molecule has 3 nitrogen and oxygen atoms in total. The van der Waals surface area contributed by atoms with E-state index in [9.17, 15) is 0 Å². The van der Waals surface area contributed by atoms with Gasteiger partial charge in [0.15, 0.2) is 10.4 Å². The molecule has 98 valence electrons. The average Bonchev–Trinajstić information content (AvgIpc) is 2.75. The number of pyridine rings is 1. The van der Waals surface area contributed by atoms with Crippen LogP contribution in [0.15, 0.2) is 12.1 Å². The number of nitrogens with one attached hydrogen (secondary N) is 1. The highest BCUT2D eigenvalue weighted by Gasteiger charge is 2.66. The number of H-pyrrole nitrogens is 1. The summed E-state index contributed by atoms with van der Waals surface area (Å²) in [5.74, 6) is 3.73. The molecule has 0 aliphatic heterocycles. The number of nitrogens with zero attached hydrogens (tertiary/aromatic N) is 2. The molecule has 3 saturated carbocycles. The van der Waals surface area contributed by atoms with E-state index in [0.717, 1.165) is 45.3 Å². The third-order valence-corrected chi connectivity index (χ3v) is 5.99. The maximum absolute atomic E-state index is 5.56. The summed E-state index contributed by atoms with van der Waals surface area (Å²) in [7, 11) is 0. The largest absolute Gasteiger partial charge is 0.329 e. The molecule has 0 aromatic carbocycles. The minimum atomic E-state index is 0.641. The fourth-order valence-corrected chi connectivity index (χ4v) is 5.31. The number of imidazole rings is 1. The molecule has 4 unspecified atom stereocenters. The van der Waals surface area contributed by atoms with Crippen LogP contribution in [0.5, 0.6) is 0 Å². The molecule has 2 bridgehead atoms. The summed E-state index contributed by atoms with van der Waals surface area (Å²) in [5.41, 5.74) is 3.24. The van der Waals surface area contributed by atoms with Crippen LogP contribution in [-0.2, 0) is 0 Å². The van der Waals surface area contributed by atoms with Gasteiger partial charge in [0.25, 0.3) is 0 Å². The zero-order valence-electron chi connectivity index (χ0n) is 11.0. The van der Waals surface area contributed by atoms with Crippen molar-refractivity contribution in [2.24, 2.45) is 23.7 Å². The zero-order chi connectivity index (χ0) is 12.7. The minimum Gasteiger partial charge on any atom is -0.329 e. The predicted octanol–water partition coefficient (Wildman–Crippen LogP) is 3.62. The van der Waals surface area contributed by atoms with E-state index < -0.39 is 0 Å². The summed E-state index contributed by atoms with van der Waals surface area (Å²) < 4.78 is 3.20. The first kappa shape index (κ1) is 10.6. The number of rotatable bonds is 1. The number of hydrogen-bond acceptors (Lipinski definition) is 2. The molecule has 3 fully saturated rings. The molecule has 3 aliphatic rings. The van der Waals surface area contributed by atoms with Crippen LogP contribution in [0, 0.1) is 35.4 Å². The van der Waals surface area contributed by atoms with E-state index in [0.29, 0.717) is 6.04 Å². The Morgan fingerprint density at radius 1 is 1.26 bits per heavy atom. The van der Waals surface area contributed by atoms with E-state index in [1.54, 1.807) is 0 Å². The molecule has 2 heterocycles. The zero-order valence-corrected chi connectivity index (χ0v) is 11.8. The average molecular weight is 271 g/mol. The monoisotopic (exact) mass is 271 g/mol. The Morgan fingerprint density at radius 2 is 2.00 bits per heavy atom. The van der Waals surface area contributed by atoms with E-state index in [-0.39, 0.29) is 0 Å². The molecular weight excluding hydrogens is 254 g/mol. The molecule has 4 heteroatoms. The van der Waals surface area contributed by atoms with Gasteiger partial charge < -0.3 is 4.98 Å². The Balaban J connectivity index is 1.69. The van der Waals surface area contributed by atoms with Crippen LogP contribution in [-0.4, -0.2) is 14.5 Å². The highest BCUT2D eigenvalue weighted by molar-refractivity contribution is 7.71. The van der Waals surface area contributed by atoms with Gasteiger partial charge in [0.05, 0.1) is 5.52 Å². The minimum absolute atomic E-state index is 0.641. The van der Waals surface area contributed by atoms with Crippen LogP contribution in [0.1, 0.15) is 31.0 Å². The van der Waals surface area contributed by atoms with E-state index in [4.69, 9.17) is 17.2 Å². The highest BCUT2D eigenvalue weighted by Crippen LogP contribution is 2.71. The van der Waals surface area contributed by atoms with Crippen molar-refractivity contribution in [2.75, 3.05) is 0 Å². The topological polar surface area (TPSA) is 33.6 Å². The standard InChI is InChI=1S/C15H17N3S/c1-7-2-5-10-14(16-7)18(15(19)17-10)13-11-8-3-4-9(6-8)12(11)13/h2,5,8-9,11-13H,3-4,6H2,1H3,(H,17,19). The SMILES string of the molecule is Cc1ccc2[nH]c(=S)n(C3C4C5CCC(C5)C43)c2n1. The van der Waals surface area contributed by atoms with Gasteiger partial charge in [-0.2, -0.15) is 0 Å². The maximum atomic E-state index is 5.56. The molecule has 2 aromatic rings. The van der Waals surface area contributed by atoms with Crippen LogP contribution in [0.2, 0.25) is 0 Å². The van der Waals surface area contributed by atoms with E-state index in [2.05, 4.69) is 28.6 Å². The molecule has 5 rings (SSSR count). The van der Waals surface area contributed by atoms with Crippen molar-refractivity contribution in [3.63, 3.8) is 0 Å². The first-order valence-electron chi connectivity index (χ1n) is 7.32. The van der Waals surface area contributed by atoms with Gasteiger partial charge in [-0.1, -0.05) is 0 Å². The smallest absolute Gasteiger partial charge is 0.179 e. The third kappa shape index (κ3) is 1.23. The Kier molecular flexibility index (Phi) is 1.84. The molecule has 0 spiro atoms. The fraction of sp³-hybridized carbons (Fsp3) is 0.600. The van der Waals surface area contributed by atoms with E-state index in [1.807, 2.05) is 0 Å². The lowest BCUT2D eigenvalue weighted by atomic mass is 10.0. The normalized spacial score (nSPS) is 38.9. The molecule has 2 aromatic heterocycles. The van der Waals surface area contributed by atoms with Crippen molar-refractivity contribution in [3.05, 3.63) is 22.6 Å². The van der Waals surface area contributed by atoms with Crippen molar-refractivity contribution < 1.29 is 0 Å². The van der Waals surface area contributed by atoms with Crippen molar-refractivity contribution in [2.45, 2.75) is 32.2 Å². The number of aromatic amines is 1. The summed E-state index contributed by atoms with van der Waals surface area (Å²) in [4.78, 5) is 8.05. The van der Waals surface area contributed by atoms with Crippen LogP contribution in [0.25, 0.3) is 11.2 Å². The van der Waals surface area contributed by atoms with Crippen LogP contribution in [0.3, 0.4) is 0 Å². The summed E-state index contributed by atoms with van der Waals surface area (Å²) in [6, 6.07) is 4.80. The maximum Gasteiger partial charge on any atom is 0.179 e. The molecule has 0 saturated heterocycles. The summed E-state index contributed by atoms with van der Waals surface area (Å²) >= 11 is 5.56. The Morgan fingerprint density at radius 3 is 2.74 bits per heavy atom. The lowest BCUT2D eigenvalue weighted by Crippen LogP contribution is -2.06. The van der Waals surface area contributed by atoms with Gasteiger partial charge in [0.2, 0.25) is 0 Å². The Bertz CT molecular complexity index is 727. The highest BCUT2D eigenvalue weighted by atomic mass is 32.1. The number of hydrogen-bond donors (Lipinski definition) is 1. The summed E-state index contributed by atoms with van der Waals surface area (Å²) in [5, 5.41) is 0. The van der Waals surface area contributed by atoms with Gasteiger partial charge in [-0.15, -0.1) is 0 Å². The molecule has 3 aliphatic carbocycles. The second kappa shape index (κ2) is 3.29. The van der Waals surface area contributed by atoms with E-state index in [1.165, 1.54) is 19.3 Å². The lowest BCUT2D eigenvalue weighted by Gasteiger charge is -2.10. The van der Waals surface area contributed by atoms with Crippen molar-refractivity contribution in [3.8, 4) is 0 Å². The molecule has 4 atom stereocenters.